The fourth-order valence-corrected chi connectivity index (χ4v) is 4.85. The Bertz CT molecular complexity index is 3340. The van der Waals surface area contributed by atoms with Crippen LogP contribution in [-0.2, 0) is 0 Å². The van der Waals surface area contributed by atoms with E-state index in [0.29, 0.717) is 0 Å². The molecule has 8 aromatic rings. The molecule has 0 saturated carbocycles. The molecule has 0 unspecified atom stereocenters. The van der Waals surface area contributed by atoms with Gasteiger partial charge in [-0.15, -0.1) is 0 Å². The molecule has 192 valence electrons. The van der Waals surface area contributed by atoms with Crippen LogP contribution in [0.5, 0.6) is 0 Å². The van der Waals surface area contributed by atoms with Crippen molar-refractivity contribution in [3.05, 3.63) is 157 Å². The molecule has 0 aliphatic rings. The minimum Gasteiger partial charge on any atom is -0.292 e. The average molecular weight is 545 g/mol. The third-order valence-electron chi connectivity index (χ3n) is 6.49. The number of hydrogen-bond donors (Lipinski definition) is 0. The Morgan fingerprint density at radius 1 is 0.488 bits per heavy atom. The summed E-state index contributed by atoms with van der Waals surface area (Å²) in [6.45, 7) is 0. The highest BCUT2D eigenvalue weighted by Gasteiger charge is 2.19. The molecule has 0 atom stereocenters. The van der Waals surface area contributed by atoms with Gasteiger partial charge >= 0.3 is 0 Å². The summed E-state index contributed by atoms with van der Waals surface area (Å²) in [5, 5.41) is -2.53. The lowest BCUT2D eigenvalue weighted by molar-refractivity contribution is 1.11. The van der Waals surface area contributed by atoms with Crippen molar-refractivity contribution < 1.29 is 30.2 Å². The van der Waals surface area contributed by atoms with E-state index in [4.69, 9.17) is 23.3 Å². The van der Waals surface area contributed by atoms with Crippen LogP contribution in [0.2, 0.25) is 0 Å². The maximum Gasteiger partial charge on any atom is 0.145 e. The quantitative estimate of drug-likeness (QED) is 0.202. The monoisotopic (exact) mass is 544 g/mol. The van der Waals surface area contributed by atoms with Gasteiger partial charge < -0.3 is 0 Å². The van der Waals surface area contributed by atoms with Crippen molar-refractivity contribution in [2.24, 2.45) is 0 Å². The molecule has 0 N–H and O–H groups in total. The predicted molar refractivity (Wildman–Crippen MR) is 172 cm³/mol. The van der Waals surface area contributed by atoms with E-state index >= 15 is 0 Å². The molecule has 0 fully saturated rings. The van der Waals surface area contributed by atoms with E-state index in [-0.39, 0.29) is 11.0 Å². The van der Waals surface area contributed by atoms with Crippen LogP contribution in [0, 0.1) is 0 Å². The van der Waals surface area contributed by atoms with E-state index in [1.54, 1.807) is 6.07 Å². The summed E-state index contributed by atoms with van der Waals surface area (Å²) in [5.74, 6) is -0.410. The van der Waals surface area contributed by atoms with Crippen molar-refractivity contribution in [1.29, 1.82) is 0 Å². The average Bonchev–Trinajstić information content (AvgIpc) is 3.63. The van der Waals surface area contributed by atoms with Crippen LogP contribution in [0.25, 0.3) is 71.9 Å². The zero-order valence-corrected chi connectivity index (χ0v) is 20.7. The molecule has 0 radical (unpaired) electrons. The summed E-state index contributed by atoms with van der Waals surface area (Å²) < 4.78 is 196. The van der Waals surface area contributed by atoms with Gasteiger partial charge in [0.1, 0.15) is 5.82 Å². The Labute approximate surface area is 269 Å². The molecule has 0 aliphatic carbocycles. The summed E-state index contributed by atoms with van der Waals surface area (Å²) in [7, 11) is 0. The molecule has 0 spiro atoms. The first-order valence-electron chi connectivity index (χ1n) is 23.2. The Morgan fingerprint density at radius 2 is 1.00 bits per heavy atom. The highest BCUT2D eigenvalue weighted by molar-refractivity contribution is 6.21. The largest absolute Gasteiger partial charge is 0.292 e. The minimum absolute atomic E-state index is 0.0676. The molecule has 8 rings (SSSR count). The third kappa shape index (κ3) is 3.84. The van der Waals surface area contributed by atoms with Gasteiger partial charge in [-0.2, -0.15) is 0 Å². The summed E-state index contributed by atoms with van der Waals surface area (Å²) in [4.78, 5) is 4.57. The Morgan fingerprint density at radius 3 is 1.63 bits per heavy atom. The lowest BCUT2D eigenvalue weighted by atomic mass is 9.86. The van der Waals surface area contributed by atoms with Crippen LogP contribution >= 0.6 is 0 Å². The van der Waals surface area contributed by atoms with Crippen molar-refractivity contribution in [2.75, 3.05) is 0 Å². The van der Waals surface area contributed by atoms with Crippen LogP contribution in [-0.4, -0.2) is 9.55 Å². The molecular weight excluding hydrogens is 496 g/mol. The number of para-hydroxylation sites is 2. The SMILES string of the molecule is [2H]c1c([2H])c([2H])c(-c2c3c([2H])c([2H])c([2H])c([2H])c3c(-c3c([2H])c([2H])c([2H])c([2H])c3[2H])c3c([2H])c(-n4c(-c5c([2H])c([2H])c([2H])c([2H])c5[2H])nc5ccccc54)c([2H])c([2H])c23)c([2H])c1[2H]. The van der Waals surface area contributed by atoms with E-state index < -0.39 is 194 Å². The van der Waals surface area contributed by atoms with Gasteiger partial charge in [-0.05, 0) is 68.0 Å². The maximum atomic E-state index is 10.1. The van der Waals surface area contributed by atoms with Crippen LogP contribution < -0.4 is 0 Å². The standard InChI is InChI=1S/C39H26N2/c1-4-14-27(15-5-1)37-31-20-10-11-21-32(31)38(28-16-6-2-7-17-28)34-26-30(24-25-33(34)37)41-36-23-13-12-22-35(36)40-39(41)29-18-8-3-9-19-29/h1-26H/i1D,2D,3D,4D,5D,6D,7D,8D,9D,10D,11D,14D,15D,16D,17D,18D,19D,20D,21D,24D,25D,26D. The molecule has 1 aromatic heterocycles. The van der Waals surface area contributed by atoms with Crippen molar-refractivity contribution in [3.8, 4) is 39.3 Å². The lowest BCUT2D eigenvalue weighted by Crippen LogP contribution is -1.99. The van der Waals surface area contributed by atoms with Crippen LogP contribution in [0.15, 0.2) is 157 Å². The molecule has 0 aliphatic heterocycles. The Kier molecular flexibility index (Phi) is 2.39. The molecule has 41 heavy (non-hydrogen) atoms. The topological polar surface area (TPSA) is 17.8 Å². The van der Waals surface area contributed by atoms with E-state index in [0.717, 1.165) is 4.57 Å². The highest BCUT2D eigenvalue weighted by atomic mass is 15.1. The van der Waals surface area contributed by atoms with Crippen LogP contribution in [0.4, 0.5) is 0 Å². The van der Waals surface area contributed by atoms with Crippen LogP contribution in [0.3, 0.4) is 0 Å². The van der Waals surface area contributed by atoms with E-state index in [1.807, 2.05) is 0 Å². The maximum absolute atomic E-state index is 10.1. The summed E-state index contributed by atoms with van der Waals surface area (Å²) in [5.41, 5.74) is -3.58. The first-order chi connectivity index (χ1) is 29.5. The molecule has 1 heterocycles. The second-order valence-electron chi connectivity index (χ2n) is 8.73. The Hall–Kier alpha value is -5.47. The van der Waals surface area contributed by atoms with Crippen molar-refractivity contribution >= 4 is 32.6 Å². The fraction of sp³-hybridized carbons (Fsp3) is 0. The molecule has 7 aromatic carbocycles. The Balaban J connectivity index is 1.78. The number of hydrogen-bond acceptors (Lipinski definition) is 1. The van der Waals surface area contributed by atoms with Gasteiger partial charge in [0.2, 0.25) is 0 Å². The van der Waals surface area contributed by atoms with Gasteiger partial charge in [0, 0.05) is 11.3 Å². The predicted octanol–water partition coefficient (Wildman–Crippen LogP) is 10.3. The summed E-state index contributed by atoms with van der Waals surface area (Å²) >= 11 is 0. The number of aromatic nitrogens is 2. The second kappa shape index (κ2) is 9.62. The summed E-state index contributed by atoms with van der Waals surface area (Å²) in [6, 6.07) is -12.8. The van der Waals surface area contributed by atoms with Crippen molar-refractivity contribution in [1.82, 2.24) is 9.55 Å². The van der Waals surface area contributed by atoms with E-state index in [2.05, 4.69) is 4.98 Å². The number of fused-ring (bicyclic) bond motifs is 3. The van der Waals surface area contributed by atoms with Gasteiger partial charge in [0.05, 0.1) is 41.2 Å². The van der Waals surface area contributed by atoms with E-state index in [9.17, 15) is 6.85 Å². The third-order valence-corrected chi connectivity index (χ3v) is 6.49. The van der Waals surface area contributed by atoms with Gasteiger partial charge in [-0.25, -0.2) is 4.98 Å². The van der Waals surface area contributed by atoms with Crippen molar-refractivity contribution in [3.63, 3.8) is 0 Å². The molecular formula is C39H26N2. The zero-order valence-electron chi connectivity index (χ0n) is 42.7. The van der Waals surface area contributed by atoms with Crippen molar-refractivity contribution in [2.45, 2.75) is 0 Å². The fourth-order valence-electron chi connectivity index (χ4n) is 4.85. The highest BCUT2D eigenvalue weighted by Crippen LogP contribution is 2.44. The number of rotatable bonds is 4. The molecule has 0 amide bonds. The number of nitrogens with zero attached hydrogens (tertiary/aromatic N) is 2. The van der Waals surface area contributed by atoms with Gasteiger partial charge in [0.25, 0.3) is 0 Å². The first kappa shape index (κ1) is 10.2. The molecule has 2 nitrogen and oxygen atoms in total. The molecule has 2 heteroatoms. The van der Waals surface area contributed by atoms with Gasteiger partial charge in [-0.1, -0.05) is 133 Å². The van der Waals surface area contributed by atoms with E-state index in [1.165, 1.54) is 18.2 Å². The first-order valence-corrected chi connectivity index (χ1v) is 12.2. The molecule has 0 bridgehead atoms. The second-order valence-corrected chi connectivity index (χ2v) is 8.73. The smallest absolute Gasteiger partial charge is 0.145 e. The van der Waals surface area contributed by atoms with Gasteiger partial charge in [0.15, 0.2) is 0 Å². The lowest BCUT2D eigenvalue weighted by Gasteiger charge is -2.19. The normalized spacial score (nSPS) is 18.9. The number of benzene rings is 7. The van der Waals surface area contributed by atoms with Gasteiger partial charge in [-0.3, -0.25) is 4.57 Å². The summed E-state index contributed by atoms with van der Waals surface area (Å²) in [6.07, 6.45) is 0. The minimum atomic E-state index is -0.915. The number of imidazole rings is 1. The van der Waals surface area contributed by atoms with Crippen LogP contribution in [0.1, 0.15) is 30.2 Å². The molecule has 0 saturated heterocycles. The zero-order chi connectivity index (χ0) is 46.3.